The Bertz CT molecular complexity index is 321. The van der Waals surface area contributed by atoms with Crippen LogP contribution >= 0.6 is 22.6 Å². The third kappa shape index (κ3) is 8.83. The summed E-state index contributed by atoms with van der Waals surface area (Å²) in [5.74, 6) is 1.02. The second-order valence-electron chi connectivity index (χ2n) is 5.41. The van der Waals surface area contributed by atoms with E-state index in [4.69, 9.17) is 4.74 Å². The van der Waals surface area contributed by atoms with Crippen LogP contribution in [0.15, 0.2) is 24.3 Å². The molecule has 0 spiro atoms. The van der Waals surface area contributed by atoms with Crippen molar-refractivity contribution in [3.05, 3.63) is 29.8 Å². The SMILES string of the molecule is CCCCc1ccc(OCCCCCCCCI)cc1. The van der Waals surface area contributed by atoms with Gasteiger partial charge in [-0.2, -0.15) is 0 Å². The fraction of sp³-hybridized carbons (Fsp3) is 0.667. The van der Waals surface area contributed by atoms with Gasteiger partial charge in [-0.05, 0) is 47.8 Å². The highest BCUT2D eigenvalue weighted by atomic mass is 127. The van der Waals surface area contributed by atoms with Crippen molar-refractivity contribution >= 4 is 22.6 Å². The van der Waals surface area contributed by atoms with E-state index in [9.17, 15) is 0 Å². The molecular weight excluding hydrogens is 359 g/mol. The maximum atomic E-state index is 5.79. The fourth-order valence-corrected chi connectivity index (χ4v) is 2.77. The molecule has 0 aliphatic heterocycles. The van der Waals surface area contributed by atoms with Gasteiger partial charge >= 0.3 is 0 Å². The molecule has 0 bridgehead atoms. The van der Waals surface area contributed by atoms with Gasteiger partial charge in [0.25, 0.3) is 0 Å². The van der Waals surface area contributed by atoms with E-state index >= 15 is 0 Å². The summed E-state index contributed by atoms with van der Waals surface area (Å²) >= 11 is 2.46. The van der Waals surface area contributed by atoms with Gasteiger partial charge in [-0.1, -0.05) is 73.8 Å². The number of alkyl halides is 1. The Labute approximate surface area is 138 Å². The molecule has 0 unspecified atom stereocenters. The molecule has 2 heteroatoms. The van der Waals surface area contributed by atoms with Gasteiger partial charge < -0.3 is 4.74 Å². The first kappa shape index (κ1) is 17.8. The summed E-state index contributed by atoms with van der Waals surface area (Å²) < 4.78 is 7.09. The summed E-state index contributed by atoms with van der Waals surface area (Å²) in [6.07, 6.45) is 11.7. The average molecular weight is 388 g/mol. The van der Waals surface area contributed by atoms with Crippen LogP contribution in [0.1, 0.15) is 63.9 Å². The van der Waals surface area contributed by atoms with Gasteiger partial charge in [0, 0.05) is 0 Å². The molecule has 0 saturated heterocycles. The zero-order valence-electron chi connectivity index (χ0n) is 12.9. The van der Waals surface area contributed by atoms with E-state index in [0.29, 0.717) is 0 Å². The molecule has 0 N–H and O–H groups in total. The summed E-state index contributed by atoms with van der Waals surface area (Å²) in [7, 11) is 0. The quantitative estimate of drug-likeness (QED) is 0.236. The minimum Gasteiger partial charge on any atom is -0.494 e. The third-order valence-electron chi connectivity index (χ3n) is 3.54. The van der Waals surface area contributed by atoms with E-state index in [0.717, 1.165) is 12.4 Å². The predicted molar refractivity (Wildman–Crippen MR) is 97.1 cm³/mol. The van der Waals surface area contributed by atoms with Crippen LogP contribution in [0.2, 0.25) is 0 Å². The second-order valence-corrected chi connectivity index (χ2v) is 6.49. The lowest BCUT2D eigenvalue weighted by atomic mass is 10.1. The van der Waals surface area contributed by atoms with Crippen LogP contribution < -0.4 is 4.74 Å². The molecule has 0 radical (unpaired) electrons. The van der Waals surface area contributed by atoms with Gasteiger partial charge in [-0.15, -0.1) is 0 Å². The lowest BCUT2D eigenvalue weighted by Crippen LogP contribution is -1.97. The van der Waals surface area contributed by atoms with Crippen molar-refractivity contribution in [3.8, 4) is 5.75 Å². The molecule has 114 valence electrons. The van der Waals surface area contributed by atoms with Crippen LogP contribution in [0, 0.1) is 0 Å². The highest BCUT2D eigenvalue weighted by Gasteiger charge is 1.96. The first-order valence-electron chi connectivity index (χ1n) is 8.14. The summed E-state index contributed by atoms with van der Waals surface area (Å²) in [6.45, 7) is 3.10. The van der Waals surface area contributed by atoms with Crippen molar-refractivity contribution in [2.45, 2.75) is 64.7 Å². The van der Waals surface area contributed by atoms with Crippen molar-refractivity contribution in [1.82, 2.24) is 0 Å². The molecule has 0 aromatic heterocycles. The summed E-state index contributed by atoms with van der Waals surface area (Å²) in [6, 6.07) is 8.64. The molecule has 1 aromatic rings. The molecule has 0 atom stereocenters. The third-order valence-corrected chi connectivity index (χ3v) is 4.30. The maximum Gasteiger partial charge on any atom is 0.119 e. The smallest absolute Gasteiger partial charge is 0.119 e. The van der Waals surface area contributed by atoms with Crippen LogP contribution in [-0.4, -0.2) is 11.0 Å². The molecule has 0 aliphatic carbocycles. The molecule has 0 heterocycles. The van der Waals surface area contributed by atoms with Crippen molar-refractivity contribution in [1.29, 1.82) is 0 Å². The Morgan fingerprint density at radius 1 is 0.850 bits per heavy atom. The minimum absolute atomic E-state index is 0.862. The average Bonchev–Trinajstić information content (AvgIpc) is 2.49. The van der Waals surface area contributed by atoms with Crippen LogP contribution in [0.3, 0.4) is 0 Å². The summed E-state index contributed by atoms with van der Waals surface area (Å²) in [5, 5.41) is 0. The van der Waals surface area contributed by atoms with Crippen LogP contribution in [-0.2, 0) is 6.42 Å². The second kappa shape index (κ2) is 12.5. The molecule has 0 saturated carbocycles. The van der Waals surface area contributed by atoms with Crippen LogP contribution in [0.4, 0.5) is 0 Å². The number of aryl methyl sites for hydroxylation is 1. The molecule has 1 nitrogen and oxygen atoms in total. The van der Waals surface area contributed by atoms with Crippen molar-refractivity contribution < 1.29 is 4.74 Å². The zero-order chi connectivity index (χ0) is 14.5. The van der Waals surface area contributed by atoms with E-state index in [1.165, 1.54) is 67.8 Å². The largest absolute Gasteiger partial charge is 0.494 e. The van der Waals surface area contributed by atoms with Gasteiger partial charge in [0.1, 0.15) is 5.75 Å². The lowest BCUT2D eigenvalue weighted by molar-refractivity contribution is 0.304. The topological polar surface area (TPSA) is 9.23 Å². The summed E-state index contributed by atoms with van der Waals surface area (Å²) in [5.41, 5.74) is 1.43. The summed E-state index contributed by atoms with van der Waals surface area (Å²) in [4.78, 5) is 0. The Balaban J connectivity index is 2.04. The van der Waals surface area contributed by atoms with E-state index in [-0.39, 0.29) is 0 Å². The molecule has 20 heavy (non-hydrogen) atoms. The van der Waals surface area contributed by atoms with Gasteiger partial charge in [-0.25, -0.2) is 0 Å². The van der Waals surface area contributed by atoms with Gasteiger partial charge in [0.15, 0.2) is 0 Å². The number of benzene rings is 1. The Morgan fingerprint density at radius 2 is 1.50 bits per heavy atom. The Hall–Kier alpha value is -0.250. The van der Waals surface area contributed by atoms with Crippen LogP contribution in [0.5, 0.6) is 5.75 Å². The molecule has 1 aromatic carbocycles. The van der Waals surface area contributed by atoms with Crippen molar-refractivity contribution in [3.63, 3.8) is 0 Å². The first-order valence-corrected chi connectivity index (χ1v) is 9.67. The molecule has 0 fully saturated rings. The molecule has 0 aliphatic rings. The normalized spacial score (nSPS) is 10.7. The number of hydrogen-bond donors (Lipinski definition) is 0. The number of hydrogen-bond acceptors (Lipinski definition) is 1. The number of unbranched alkanes of at least 4 members (excludes halogenated alkanes) is 6. The van der Waals surface area contributed by atoms with E-state index in [2.05, 4.69) is 53.8 Å². The predicted octanol–water partition coefficient (Wildman–Crippen LogP) is 6.18. The highest BCUT2D eigenvalue weighted by molar-refractivity contribution is 14.1. The van der Waals surface area contributed by atoms with Crippen LogP contribution in [0.25, 0.3) is 0 Å². The van der Waals surface area contributed by atoms with Crippen molar-refractivity contribution in [2.24, 2.45) is 0 Å². The molecular formula is C18H29IO. The zero-order valence-corrected chi connectivity index (χ0v) is 15.0. The Kier molecular flexibility index (Phi) is 11.1. The minimum atomic E-state index is 0.862. The van der Waals surface area contributed by atoms with Gasteiger partial charge in [0.2, 0.25) is 0 Å². The molecule has 1 rings (SSSR count). The first-order chi connectivity index (χ1) is 9.86. The number of halogens is 1. The molecule has 0 amide bonds. The van der Waals surface area contributed by atoms with E-state index in [1.807, 2.05) is 0 Å². The highest BCUT2D eigenvalue weighted by Crippen LogP contribution is 2.15. The monoisotopic (exact) mass is 388 g/mol. The standard InChI is InChI=1S/C18H29IO/c1-2-3-10-17-11-13-18(14-12-17)20-16-9-7-5-4-6-8-15-19/h11-14H,2-10,15-16H2,1H3. The van der Waals surface area contributed by atoms with E-state index < -0.39 is 0 Å². The lowest BCUT2D eigenvalue weighted by Gasteiger charge is -2.07. The Morgan fingerprint density at radius 3 is 2.15 bits per heavy atom. The maximum absolute atomic E-state index is 5.79. The van der Waals surface area contributed by atoms with E-state index in [1.54, 1.807) is 0 Å². The number of ether oxygens (including phenoxy) is 1. The van der Waals surface area contributed by atoms with Crippen molar-refractivity contribution in [2.75, 3.05) is 11.0 Å². The van der Waals surface area contributed by atoms with Gasteiger partial charge in [-0.3, -0.25) is 0 Å². The fourth-order valence-electron chi connectivity index (χ4n) is 2.23. The number of rotatable bonds is 12. The van der Waals surface area contributed by atoms with Gasteiger partial charge in [0.05, 0.1) is 6.61 Å².